The number of rotatable bonds is 2. The molecule has 1 amide bonds. The molecule has 2 aromatic rings. The van der Waals surface area contributed by atoms with Crippen LogP contribution in [0, 0.1) is 0 Å². The molecular formula is C13H17N3O. The van der Waals surface area contributed by atoms with Crippen molar-refractivity contribution in [3.8, 4) is 0 Å². The fourth-order valence-corrected chi connectivity index (χ4v) is 1.94. The molecule has 0 radical (unpaired) electrons. The molecule has 0 aliphatic rings. The van der Waals surface area contributed by atoms with Crippen molar-refractivity contribution in [2.24, 2.45) is 7.05 Å². The quantitative estimate of drug-likeness (QED) is 0.794. The zero-order chi connectivity index (χ0) is 12.6. The van der Waals surface area contributed by atoms with E-state index >= 15 is 0 Å². The normalized spacial score (nSPS) is 10.8. The Hall–Kier alpha value is -1.84. The second kappa shape index (κ2) is 4.20. The number of carbonyl (C=O) groups excluding carboxylic acids is 1. The van der Waals surface area contributed by atoms with Crippen LogP contribution in [0.4, 0.5) is 5.69 Å². The van der Waals surface area contributed by atoms with Crippen LogP contribution in [0.2, 0.25) is 0 Å². The predicted molar refractivity (Wildman–Crippen MR) is 69.2 cm³/mol. The van der Waals surface area contributed by atoms with Crippen molar-refractivity contribution in [1.82, 2.24) is 9.55 Å². The molecule has 0 N–H and O–H groups in total. The van der Waals surface area contributed by atoms with Crippen molar-refractivity contribution in [1.29, 1.82) is 0 Å². The number of aromatic nitrogens is 2. The zero-order valence-corrected chi connectivity index (χ0v) is 10.7. The minimum Gasteiger partial charge on any atom is -0.331 e. The Balaban J connectivity index is 2.55. The van der Waals surface area contributed by atoms with Crippen molar-refractivity contribution in [2.45, 2.75) is 20.3 Å². The molecule has 4 heteroatoms. The number of imidazole rings is 1. The van der Waals surface area contributed by atoms with Crippen LogP contribution in [0.5, 0.6) is 0 Å². The van der Waals surface area contributed by atoms with Gasteiger partial charge in [-0.05, 0) is 18.2 Å². The smallest absolute Gasteiger partial charge is 0.223 e. The van der Waals surface area contributed by atoms with E-state index in [4.69, 9.17) is 0 Å². The van der Waals surface area contributed by atoms with E-state index in [2.05, 4.69) is 16.5 Å². The highest BCUT2D eigenvalue weighted by Gasteiger charge is 2.10. The number of benzene rings is 1. The summed E-state index contributed by atoms with van der Waals surface area (Å²) in [7, 11) is 3.79. The van der Waals surface area contributed by atoms with E-state index in [-0.39, 0.29) is 5.91 Å². The highest BCUT2D eigenvalue weighted by molar-refractivity contribution is 5.93. The van der Waals surface area contributed by atoms with Gasteiger partial charge in [-0.3, -0.25) is 4.79 Å². The first kappa shape index (κ1) is 11.6. The topological polar surface area (TPSA) is 38.1 Å². The van der Waals surface area contributed by atoms with Crippen molar-refractivity contribution in [3.05, 3.63) is 24.0 Å². The van der Waals surface area contributed by atoms with Gasteiger partial charge < -0.3 is 9.47 Å². The van der Waals surface area contributed by atoms with E-state index < -0.39 is 0 Å². The van der Waals surface area contributed by atoms with Crippen LogP contribution in [0.1, 0.15) is 19.7 Å². The first-order valence-electron chi connectivity index (χ1n) is 5.74. The fourth-order valence-electron chi connectivity index (χ4n) is 1.94. The third-order valence-corrected chi connectivity index (χ3v) is 3.13. The number of amides is 1. The molecule has 0 aliphatic heterocycles. The summed E-state index contributed by atoms with van der Waals surface area (Å²) in [5, 5.41) is 0. The summed E-state index contributed by atoms with van der Waals surface area (Å²) in [5.41, 5.74) is 2.92. The molecule has 0 aliphatic carbocycles. The Kier molecular flexibility index (Phi) is 2.88. The summed E-state index contributed by atoms with van der Waals surface area (Å²) in [6.07, 6.45) is 0.906. The second-order valence-corrected chi connectivity index (χ2v) is 4.19. The zero-order valence-electron chi connectivity index (χ0n) is 10.7. The second-order valence-electron chi connectivity index (χ2n) is 4.19. The molecule has 0 saturated heterocycles. The van der Waals surface area contributed by atoms with Gasteiger partial charge in [0.25, 0.3) is 0 Å². The third-order valence-electron chi connectivity index (χ3n) is 3.13. The molecule has 1 aromatic heterocycles. The fraction of sp³-hybridized carbons (Fsp3) is 0.385. The molecule has 2 rings (SSSR count). The minimum atomic E-state index is 0.0241. The van der Waals surface area contributed by atoms with Crippen LogP contribution >= 0.6 is 0 Å². The van der Waals surface area contributed by atoms with E-state index in [1.54, 1.807) is 18.9 Å². The van der Waals surface area contributed by atoms with Crippen molar-refractivity contribution < 1.29 is 4.79 Å². The van der Waals surface area contributed by atoms with Crippen LogP contribution in [0.25, 0.3) is 11.0 Å². The van der Waals surface area contributed by atoms with Crippen LogP contribution in [-0.4, -0.2) is 22.5 Å². The lowest BCUT2D eigenvalue weighted by atomic mass is 10.2. The van der Waals surface area contributed by atoms with Crippen LogP contribution < -0.4 is 4.90 Å². The number of hydrogen-bond donors (Lipinski definition) is 0. The maximum Gasteiger partial charge on any atom is 0.223 e. The molecule has 4 nitrogen and oxygen atoms in total. The summed E-state index contributed by atoms with van der Waals surface area (Å²) in [5.74, 6) is 1.08. The summed E-state index contributed by atoms with van der Waals surface area (Å²) < 4.78 is 2.09. The minimum absolute atomic E-state index is 0.0241. The van der Waals surface area contributed by atoms with Gasteiger partial charge in [0.1, 0.15) is 5.82 Å². The van der Waals surface area contributed by atoms with E-state index in [0.29, 0.717) is 0 Å². The Morgan fingerprint density at radius 1 is 1.47 bits per heavy atom. The summed E-state index contributed by atoms with van der Waals surface area (Å²) in [4.78, 5) is 17.5. The summed E-state index contributed by atoms with van der Waals surface area (Å²) >= 11 is 0. The molecule has 90 valence electrons. The Labute approximate surface area is 101 Å². The maximum atomic E-state index is 11.3. The SMILES string of the molecule is CCc1nc2cc(N(C)C(C)=O)ccc2n1C. The number of fused-ring (bicyclic) bond motifs is 1. The summed E-state index contributed by atoms with van der Waals surface area (Å²) in [6, 6.07) is 5.91. The maximum absolute atomic E-state index is 11.3. The average Bonchev–Trinajstić information content (AvgIpc) is 2.64. The van der Waals surface area contributed by atoms with E-state index in [1.807, 2.05) is 25.2 Å². The Bertz CT molecular complexity index is 571. The Morgan fingerprint density at radius 3 is 2.76 bits per heavy atom. The van der Waals surface area contributed by atoms with Gasteiger partial charge in [0, 0.05) is 33.1 Å². The number of anilines is 1. The Morgan fingerprint density at radius 2 is 2.18 bits per heavy atom. The highest BCUT2D eigenvalue weighted by Crippen LogP contribution is 2.22. The first-order valence-corrected chi connectivity index (χ1v) is 5.74. The number of carbonyl (C=O) groups is 1. The van der Waals surface area contributed by atoms with Crippen LogP contribution in [0.15, 0.2) is 18.2 Å². The van der Waals surface area contributed by atoms with Crippen LogP contribution in [-0.2, 0) is 18.3 Å². The van der Waals surface area contributed by atoms with Crippen molar-refractivity contribution in [3.63, 3.8) is 0 Å². The largest absolute Gasteiger partial charge is 0.331 e. The van der Waals surface area contributed by atoms with Gasteiger partial charge >= 0.3 is 0 Å². The molecular weight excluding hydrogens is 214 g/mol. The van der Waals surface area contributed by atoms with Gasteiger partial charge in [-0.2, -0.15) is 0 Å². The standard InChI is InChI=1S/C13H17N3O/c1-5-13-14-11-8-10(15(3)9(2)17)6-7-12(11)16(13)4/h6-8H,5H2,1-4H3. The van der Waals surface area contributed by atoms with Gasteiger partial charge in [-0.15, -0.1) is 0 Å². The molecule has 0 saturated carbocycles. The van der Waals surface area contributed by atoms with E-state index in [9.17, 15) is 4.79 Å². The molecule has 0 atom stereocenters. The predicted octanol–water partition coefficient (Wildman–Crippen LogP) is 2.12. The van der Waals surface area contributed by atoms with E-state index in [1.165, 1.54) is 0 Å². The van der Waals surface area contributed by atoms with E-state index in [0.717, 1.165) is 29.0 Å². The third kappa shape index (κ3) is 1.90. The molecule has 0 bridgehead atoms. The molecule has 0 unspecified atom stereocenters. The van der Waals surface area contributed by atoms with Gasteiger partial charge in [0.05, 0.1) is 11.0 Å². The van der Waals surface area contributed by atoms with Gasteiger partial charge in [-0.1, -0.05) is 6.92 Å². The van der Waals surface area contributed by atoms with Gasteiger partial charge in [0.15, 0.2) is 0 Å². The van der Waals surface area contributed by atoms with Crippen molar-refractivity contribution in [2.75, 3.05) is 11.9 Å². The molecule has 1 heterocycles. The summed E-state index contributed by atoms with van der Waals surface area (Å²) in [6.45, 7) is 3.64. The van der Waals surface area contributed by atoms with Gasteiger partial charge in [0.2, 0.25) is 5.91 Å². The lowest BCUT2D eigenvalue weighted by Crippen LogP contribution is -2.22. The monoisotopic (exact) mass is 231 g/mol. The number of hydrogen-bond acceptors (Lipinski definition) is 2. The van der Waals surface area contributed by atoms with Gasteiger partial charge in [-0.25, -0.2) is 4.98 Å². The lowest BCUT2D eigenvalue weighted by Gasteiger charge is -2.14. The number of aryl methyl sites for hydroxylation is 2. The first-order chi connectivity index (χ1) is 8.04. The number of nitrogens with zero attached hydrogens (tertiary/aromatic N) is 3. The lowest BCUT2D eigenvalue weighted by molar-refractivity contribution is -0.116. The van der Waals surface area contributed by atoms with Crippen LogP contribution in [0.3, 0.4) is 0 Å². The molecule has 17 heavy (non-hydrogen) atoms. The molecule has 0 fully saturated rings. The molecule has 1 aromatic carbocycles. The molecule has 0 spiro atoms. The van der Waals surface area contributed by atoms with Crippen molar-refractivity contribution >= 4 is 22.6 Å². The average molecular weight is 231 g/mol. The highest BCUT2D eigenvalue weighted by atomic mass is 16.2.